The minimum atomic E-state index is -3.67. The van der Waals surface area contributed by atoms with Crippen LogP contribution in [0.1, 0.15) is 64.9 Å². The highest BCUT2D eigenvalue weighted by Crippen LogP contribution is 2.36. The van der Waals surface area contributed by atoms with Gasteiger partial charge in [-0.1, -0.05) is 63.9 Å². The van der Waals surface area contributed by atoms with Crippen molar-refractivity contribution in [1.29, 1.82) is 0 Å². The first-order chi connectivity index (χ1) is 17.1. The van der Waals surface area contributed by atoms with Gasteiger partial charge in [-0.25, -0.2) is 8.42 Å². The third-order valence-electron chi connectivity index (χ3n) is 6.28. The molecule has 8 nitrogen and oxygen atoms in total. The molecular weight excluding hydrogens is 480 g/mol. The molecule has 2 N–H and O–H groups in total. The average molecular weight is 519 g/mol. The number of fused-ring (bicyclic) bond motifs is 1. The molecule has 1 heterocycles. The third kappa shape index (κ3) is 6.45. The molecule has 2 atom stereocenters. The Labute approximate surface area is 213 Å². The number of anilines is 1. The Balaban J connectivity index is 2.23. The first kappa shape index (κ1) is 28.1. The topological polar surface area (TPSA) is 109 Å². The van der Waals surface area contributed by atoms with Crippen molar-refractivity contribution in [2.75, 3.05) is 24.1 Å². The second-order valence-corrected chi connectivity index (χ2v) is 11.0. The van der Waals surface area contributed by atoms with E-state index in [-0.39, 0.29) is 28.7 Å². The number of aliphatic hydroxyl groups is 1. The predicted octanol–water partition coefficient (Wildman–Crippen LogP) is 3.06. The number of ketones is 1. The summed E-state index contributed by atoms with van der Waals surface area (Å²) < 4.78 is 38.7. The van der Waals surface area contributed by atoms with Crippen LogP contribution in [0, 0.1) is 0 Å². The molecule has 198 valence electrons. The van der Waals surface area contributed by atoms with E-state index in [9.17, 15) is 18.3 Å². The van der Waals surface area contributed by atoms with Crippen molar-refractivity contribution in [3.05, 3.63) is 52.8 Å². The number of nitrogens with one attached hydrogen (secondary N) is 1. The van der Waals surface area contributed by atoms with Gasteiger partial charge < -0.3 is 14.3 Å². The summed E-state index contributed by atoms with van der Waals surface area (Å²) >= 11 is 0. The number of hydrogen-bond donors (Lipinski definition) is 2. The normalized spacial score (nSPS) is 16.4. The van der Waals surface area contributed by atoms with E-state index in [1.165, 1.54) is 6.26 Å². The Hall–Kier alpha value is -2.46. The van der Waals surface area contributed by atoms with Gasteiger partial charge in [0.15, 0.2) is 5.78 Å². The lowest BCUT2D eigenvalue weighted by atomic mass is 9.88. The molecule has 1 aliphatic rings. The Morgan fingerprint density at radius 3 is 2.33 bits per heavy atom. The zero-order valence-corrected chi connectivity index (χ0v) is 22.4. The third-order valence-corrected chi connectivity index (χ3v) is 6.87. The number of furan rings is 1. The molecule has 36 heavy (non-hydrogen) atoms. The maximum atomic E-state index is 13.4. The van der Waals surface area contributed by atoms with Gasteiger partial charge in [0.05, 0.1) is 22.7 Å². The van der Waals surface area contributed by atoms with Gasteiger partial charge >= 0.3 is 0 Å². The van der Waals surface area contributed by atoms with Gasteiger partial charge in [0, 0.05) is 25.1 Å². The van der Waals surface area contributed by atoms with Crippen LogP contribution in [0.2, 0.25) is 0 Å². The van der Waals surface area contributed by atoms with Gasteiger partial charge in [-0.2, -0.15) is 0 Å². The lowest BCUT2D eigenvalue weighted by Gasteiger charge is -2.39. The summed E-state index contributed by atoms with van der Waals surface area (Å²) in [6.07, 6.45) is 7.97. The summed E-state index contributed by atoms with van der Waals surface area (Å²) in [6, 6.07) is 8.76. The highest BCUT2D eigenvalue weighted by atomic mass is 32.2. The molecular formula is C27H38N2O6S. The molecule has 3 rings (SSSR count). The van der Waals surface area contributed by atoms with E-state index in [1.807, 2.05) is 13.0 Å². The zero-order chi connectivity index (χ0) is 26.3. The molecule has 1 aromatic carbocycles. The number of rotatable bonds is 14. The molecule has 0 spiro atoms. The van der Waals surface area contributed by atoms with Crippen molar-refractivity contribution in [1.82, 2.24) is 4.90 Å². The number of benzene rings is 1. The lowest BCUT2D eigenvalue weighted by molar-refractivity contribution is -0.235. The van der Waals surface area contributed by atoms with Crippen LogP contribution < -0.4 is 15.4 Å². The summed E-state index contributed by atoms with van der Waals surface area (Å²) in [6.45, 7) is 7.85. The fourth-order valence-corrected chi connectivity index (χ4v) is 5.06. The van der Waals surface area contributed by atoms with Crippen molar-refractivity contribution in [3.8, 4) is 0 Å². The van der Waals surface area contributed by atoms with Gasteiger partial charge in [0.1, 0.15) is 17.9 Å². The van der Waals surface area contributed by atoms with Gasteiger partial charge in [-0.05, 0) is 25.3 Å². The standard InChI is InChI=1S/C27H38N2O6S/c1-5-8-17-29(18-9-6-2)24(7-3)35-27(31,20-13-11-10-12-14-20)26-22(30)15-16-23-25(26)21(19-34-23)28-36(4,32)33/h10-14,16,19,24,28,31H,5-9,15,17-18H2,1-4H3. The maximum Gasteiger partial charge on any atom is 0.229 e. The van der Waals surface area contributed by atoms with Crippen LogP contribution >= 0.6 is 0 Å². The van der Waals surface area contributed by atoms with E-state index < -0.39 is 22.0 Å². The second kappa shape index (κ2) is 12.2. The molecule has 2 unspecified atom stereocenters. The molecule has 0 amide bonds. The van der Waals surface area contributed by atoms with Gasteiger partial charge in [0.2, 0.25) is 15.8 Å². The number of ether oxygens (including phenoxy) is 1. The summed E-state index contributed by atoms with van der Waals surface area (Å²) in [7, 11) is -3.67. The van der Waals surface area contributed by atoms with Crippen molar-refractivity contribution in [2.45, 2.75) is 71.3 Å². The number of carbonyl (C=O) groups is 1. The van der Waals surface area contributed by atoms with Gasteiger partial charge in [-0.15, -0.1) is 0 Å². The molecule has 1 aliphatic carbocycles. The van der Waals surface area contributed by atoms with E-state index >= 15 is 0 Å². The van der Waals surface area contributed by atoms with Gasteiger partial charge in [-0.3, -0.25) is 14.4 Å². The molecule has 0 aliphatic heterocycles. The monoisotopic (exact) mass is 518 g/mol. The van der Waals surface area contributed by atoms with Crippen molar-refractivity contribution in [2.24, 2.45) is 0 Å². The number of carbonyl (C=O) groups excluding carboxylic acids is 1. The Kier molecular flexibility index (Phi) is 9.52. The van der Waals surface area contributed by atoms with Crippen LogP contribution in [-0.2, 0) is 25.3 Å². The SMILES string of the molecule is CCCCN(CCCC)C(CC)OC(O)(C1=c2c(NS(C)(=O)=O)coc2=CCC1=O)c1ccccc1. The number of sulfonamides is 1. The zero-order valence-electron chi connectivity index (χ0n) is 21.6. The summed E-state index contributed by atoms with van der Waals surface area (Å²) in [5.41, 5.74) is 0.759. The summed E-state index contributed by atoms with van der Waals surface area (Å²) in [4.78, 5) is 15.7. The van der Waals surface area contributed by atoms with Crippen LogP contribution in [0.3, 0.4) is 0 Å². The fourth-order valence-electron chi connectivity index (χ4n) is 4.51. The molecule has 0 saturated heterocycles. The lowest BCUT2D eigenvalue weighted by Crippen LogP contribution is -2.49. The highest BCUT2D eigenvalue weighted by Gasteiger charge is 2.44. The van der Waals surface area contributed by atoms with Crippen LogP contribution in [0.4, 0.5) is 5.69 Å². The van der Waals surface area contributed by atoms with Crippen molar-refractivity contribution in [3.63, 3.8) is 0 Å². The summed E-state index contributed by atoms with van der Waals surface area (Å²) in [5, 5.41) is 12.5. The minimum absolute atomic E-state index is 0.00115. The van der Waals surface area contributed by atoms with Crippen LogP contribution in [0.25, 0.3) is 11.6 Å². The molecule has 0 fully saturated rings. The Morgan fingerprint density at radius 1 is 1.14 bits per heavy atom. The molecule has 0 bridgehead atoms. The van der Waals surface area contributed by atoms with E-state index in [2.05, 4.69) is 23.5 Å². The number of nitrogens with zero attached hydrogens (tertiary/aromatic N) is 1. The van der Waals surface area contributed by atoms with E-state index in [1.54, 1.807) is 30.3 Å². The summed E-state index contributed by atoms with van der Waals surface area (Å²) in [5.74, 6) is -2.49. The van der Waals surface area contributed by atoms with E-state index in [4.69, 9.17) is 9.15 Å². The largest absolute Gasteiger partial charge is 0.462 e. The average Bonchev–Trinajstić information content (AvgIpc) is 3.24. The maximum absolute atomic E-state index is 13.4. The first-order valence-electron chi connectivity index (χ1n) is 12.7. The highest BCUT2D eigenvalue weighted by molar-refractivity contribution is 7.92. The fraction of sp³-hybridized carbons (Fsp3) is 0.519. The first-order valence-corrected chi connectivity index (χ1v) is 14.6. The molecule has 1 aromatic heterocycles. The molecule has 9 heteroatoms. The minimum Gasteiger partial charge on any atom is -0.462 e. The van der Waals surface area contributed by atoms with E-state index in [0.717, 1.165) is 45.0 Å². The number of hydrogen-bond acceptors (Lipinski definition) is 7. The van der Waals surface area contributed by atoms with Crippen LogP contribution in [-0.4, -0.2) is 49.8 Å². The Morgan fingerprint density at radius 2 is 1.78 bits per heavy atom. The quantitative estimate of drug-likeness (QED) is 0.370. The smallest absolute Gasteiger partial charge is 0.229 e. The second-order valence-electron chi connectivity index (χ2n) is 9.20. The molecule has 0 radical (unpaired) electrons. The van der Waals surface area contributed by atoms with Crippen LogP contribution in [0.15, 0.2) is 41.0 Å². The Bertz CT molecular complexity index is 1250. The number of unbranched alkanes of at least 4 members (excludes halogenated alkanes) is 2. The van der Waals surface area contributed by atoms with E-state index in [0.29, 0.717) is 17.4 Å². The molecule has 2 aromatic rings. The van der Waals surface area contributed by atoms with Gasteiger partial charge in [0.25, 0.3) is 0 Å². The predicted molar refractivity (Wildman–Crippen MR) is 141 cm³/mol. The number of Topliss-reactive ketones (excluding diaryl/α,β-unsaturated/α-hetero) is 1. The van der Waals surface area contributed by atoms with Crippen LogP contribution in [0.5, 0.6) is 0 Å². The molecule has 0 saturated carbocycles. The van der Waals surface area contributed by atoms with Crippen molar-refractivity contribution >= 4 is 33.1 Å². The van der Waals surface area contributed by atoms with Crippen molar-refractivity contribution < 1.29 is 27.5 Å².